The molecule has 0 aliphatic carbocycles. The number of benzene rings is 3. The van der Waals surface area contributed by atoms with E-state index < -0.39 is 0 Å². The Labute approximate surface area is 229 Å². The number of nitrogens with zero attached hydrogens (tertiary/aromatic N) is 4. The predicted octanol–water partition coefficient (Wildman–Crippen LogP) is 4.79. The molecule has 3 heterocycles. The van der Waals surface area contributed by atoms with Crippen molar-refractivity contribution in [2.24, 2.45) is 0 Å². The third-order valence-electron chi connectivity index (χ3n) is 7.81. The van der Waals surface area contributed by atoms with Gasteiger partial charge in [-0.3, -0.25) is 4.90 Å². The number of hydrogen-bond donors (Lipinski definition) is 2. The monoisotopic (exact) mass is 520 g/mol. The van der Waals surface area contributed by atoms with Gasteiger partial charge in [-0.05, 0) is 47.7 Å². The van der Waals surface area contributed by atoms with Crippen LogP contribution in [0.2, 0.25) is 0 Å². The number of H-pyrrole nitrogens is 1. The molecule has 7 nitrogen and oxygen atoms in total. The Kier molecular flexibility index (Phi) is 7.70. The first kappa shape index (κ1) is 25.3. The molecular formula is C32H36N6O. The van der Waals surface area contributed by atoms with E-state index >= 15 is 0 Å². The summed E-state index contributed by atoms with van der Waals surface area (Å²) in [7, 11) is 1.71. The topological polar surface area (TPSA) is 71.0 Å². The van der Waals surface area contributed by atoms with Gasteiger partial charge in [-0.2, -0.15) is 0 Å². The molecule has 39 heavy (non-hydrogen) atoms. The number of ether oxygens (including phenoxy) is 1. The number of piperazine rings is 1. The molecule has 2 N–H and O–H groups in total. The quantitative estimate of drug-likeness (QED) is 0.277. The average molecular weight is 521 g/mol. The minimum absolute atomic E-state index is 0.127. The Hall–Kier alpha value is -3.94. The maximum Gasteiger partial charge on any atom is 0.151 e. The highest BCUT2D eigenvalue weighted by atomic mass is 16.5. The molecule has 0 spiro atoms. The molecule has 1 saturated heterocycles. The third kappa shape index (κ3) is 5.75. The van der Waals surface area contributed by atoms with Crippen LogP contribution in [0.4, 0.5) is 0 Å². The van der Waals surface area contributed by atoms with E-state index in [4.69, 9.17) is 14.9 Å². The number of aryl methyl sites for hydroxylation is 2. The normalized spacial score (nSPS) is 15.0. The lowest BCUT2D eigenvalue weighted by Crippen LogP contribution is -2.46. The van der Waals surface area contributed by atoms with E-state index in [0.717, 1.165) is 69.4 Å². The number of hydrogen-bond acceptors (Lipinski definition) is 5. The maximum absolute atomic E-state index is 5.40. The van der Waals surface area contributed by atoms with Gasteiger partial charge in [-0.1, -0.05) is 60.7 Å². The Morgan fingerprint density at radius 2 is 1.62 bits per heavy atom. The summed E-state index contributed by atoms with van der Waals surface area (Å²) in [6.07, 6.45) is 4.82. The second kappa shape index (κ2) is 11.8. The zero-order chi connectivity index (χ0) is 26.4. The molecule has 0 radical (unpaired) electrons. The van der Waals surface area contributed by atoms with Gasteiger partial charge >= 0.3 is 0 Å². The van der Waals surface area contributed by atoms with Gasteiger partial charge in [-0.15, -0.1) is 10.2 Å². The molecule has 200 valence electrons. The summed E-state index contributed by atoms with van der Waals surface area (Å²) in [6.45, 7) is 4.67. The van der Waals surface area contributed by atoms with Crippen LogP contribution in [0.25, 0.3) is 10.9 Å². The van der Waals surface area contributed by atoms with E-state index in [9.17, 15) is 0 Å². The van der Waals surface area contributed by atoms with Crippen molar-refractivity contribution in [1.29, 1.82) is 0 Å². The van der Waals surface area contributed by atoms with Crippen LogP contribution in [0.1, 0.15) is 34.4 Å². The van der Waals surface area contributed by atoms with Crippen LogP contribution < -0.4 is 10.1 Å². The molecule has 5 aromatic rings. The molecule has 2 aromatic heterocycles. The third-order valence-corrected chi connectivity index (χ3v) is 7.81. The number of rotatable bonds is 10. The van der Waals surface area contributed by atoms with Crippen LogP contribution in [-0.4, -0.2) is 57.9 Å². The van der Waals surface area contributed by atoms with Crippen molar-refractivity contribution in [3.8, 4) is 5.75 Å². The summed E-state index contributed by atoms with van der Waals surface area (Å²) < 4.78 is 7.77. The van der Waals surface area contributed by atoms with Gasteiger partial charge in [0.05, 0.1) is 19.7 Å². The zero-order valence-electron chi connectivity index (χ0n) is 22.5. The fourth-order valence-corrected chi connectivity index (χ4v) is 5.65. The van der Waals surface area contributed by atoms with Crippen molar-refractivity contribution in [2.75, 3.05) is 33.3 Å². The predicted molar refractivity (Wildman–Crippen MR) is 155 cm³/mol. The Balaban J connectivity index is 1.37. The molecule has 7 heteroatoms. The van der Waals surface area contributed by atoms with Gasteiger partial charge in [0, 0.05) is 49.7 Å². The van der Waals surface area contributed by atoms with Crippen LogP contribution in [0.3, 0.4) is 0 Å². The summed E-state index contributed by atoms with van der Waals surface area (Å²) >= 11 is 0. The minimum Gasteiger partial charge on any atom is -0.497 e. The van der Waals surface area contributed by atoms with E-state index in [1.165, 1.54) is 27.6 Å². The molecule has 3 aromatic carbocycles. The van der Waals surface area contributed by atoms with Crippen LogP contribution in [0.5, 0.6) is 5.75 Å². The first-order valence-corrected chi connectivity index (χ1v) is 13.9. The van der Waals surface area contributed by atoms with E-state index in [-0.39, 0.29) is 6.04 Å². The van der Waals surface area contributed by atoms with Crippen LogP contribution in [-0.2, 0) is 25.8 Å². The fourth-order valence-electron chi connectivity index (χ4n) is 5.65. The largest absolute Gasteiger partial charge is 0.497 e. The number of aromatic amines is 1. The Morgan fingerprint density at radius 1 is 0.846 bits per heavy atom. The van der Waals surface area contributed by atoms with Crippen molar-refractivity contribution >= 4 is 10.9 Å². The van der Waals surface area contributed by atoms with Gasteiger partial charge < -0.3 is 19.6 Å². The lowest BCUT2D eigenvalue weighted by atomic mass is 10.0. The SMILES string of the molecule is COc1ccc(Cn2c(CCc3ccccc3)nnc2C(Cc2c[nH]c3ccccc23)N2CCNCC2)cc1. The molecule has 1 fully saturated rings. The standard InChI is InChI=1S/C32H36N6O/c1-39-27-14-11-25(12-15-27)23-38-31(16-13-24-7-3-2-4-8-24)35-36-32(38)30(37-19-17-33-18-20-37)21-26-22-34-29-10-6-5-9-28(26)29/h2-12,14-15,22,30,33-34H,13,16-21,23H2,1H3. The molecule has 0 amide bonds. The highest BCUT2D eigenvalue weighted by molar-refractivity contribution is 5.83. The van der Waals surface area contributed by atoms with Gasteiger partial charge in [0.1, 0.15) is 11.6 Å². The average Bonchev–Trinajstić information content (AvgIpc) is 3.60. The van der Waals surface area contributed by atoms with E-state index in [2.05, 4.69) is 92.7 Å². The van der Waals surface area contributed by atoms with Gasteiger partial charge in [0.15, 0.2) is 5.82 Å². The summed E-state index contributed by atoms with van der Waals surface area (Å²) in [5.74, 6) is 2.94. The summed E-state index contributed by atoms with van der Waals surface area (Å²) in [5, 5.41) is 14.5. The van der Waals surface area contributed by atoms with Gasteiger partial charge in [-0.25, -0.2) is 0 Å². The zero-order valence-corrected chi connectivity index (χ0v) is 22.5. The minimum atomic E-state index is 0.127. The van der Waals surface area contributed by atoms with Crippen molar-refractivity contribution in [1.82, 2.24) is 30.0 Å². The summed E-state index contributed by atoms with van der Waals surface area (Å²) in [5.41, 5.74) is 5.02. The van der Waals surface area contributed by atoms with E-state index in [1.54, 1.807) is 7.11 Å². The number of para-hydroxylation sites is 1. The molecule has 1 atom stereocenters. The second-order valence-corrected chi connectivity index (χ2v) is 10.3. The Bertz CT molecular complexity index is 1480. The van der Waals surface area contributed by atoms with Crippen molar-refractivity contribution in [3.63, 3.8) is 0 Å². The van der Waals surface area contributed by atoms with E-state index in [1.807, 2.05) is 12.1 Å². The fraction of sp³-hybridized carbons (Fsp3) is 0.312. The van der Waals surface area contributed by atoms with Gasteiger partial charge in [0.2, 0.25) is 0 Å². The number of fused-ring (bicyclic) bond motifs is 1. The Morgan fingerprint density at radius 3 is 2.41 bits per heavy atom. The highest BCUT2D eigenvalue weighted by Crippen LogP contribution is 2.29. The summed E-state index contributed by atoms with van der Waals surface area (Å²) in [6, 6.07) is 27.7. The molecule has 6 rings (SSSR count). The molecular weight excluding hydrogens is 484 g/mol. The number of nitrogens with one attached hydrogen (secondary N) is 2. The smallest absolute Gasteiger partial charge is 0.151 e. The molecule has 1 aliphatic heterocycles. The maximum atomic E-state index is 5.40. The number of aromatic nitrogens is 4. The summed E-state index contributed by atoms with van der Waals surface area (Å²) in [4.78, 5) is 6.05. The molecule has 1 unspecified atom stereocenters. The lowest BCUT2D eigenvalue weighted by Gasteiger charge is -2.34. The van der Waals surface area contributed by atoms with Crippen molar-refractivity contribution in [2.45, 2.75) is 31.8 Å². The number of methoxy groups -OCH3 is 1. The molecule has 0 bridgehead atoms. The second-order valence-electron chi connectivity index (χ2n) is 10.3. The molecule has 0 saturated carbocycles. The first-order chi connectivity index (χ1) is 19.3. The van der Waals surface area contributed by atoms with Crippen LogP contribution in [0.15, 0.2) is 85.1 Å². The lowest BCUT2D eigenvalue weighted by molar-refractivity contribution is 0.163. The molecule has 1 aliphatic rings. The van der Waals surface area contributed by atoms with Crippen molar-refractivity contribution < 1.29 is 4.74 Å². The van der Waals surface area contributed by atoms with Crippen molar-refractivity contribution in [3.05, 3.63) is 113 Å². The highest BCUT2D eigenvalue weighted by Gasteiger charge is 2.29. The van der Waals surface area contributed by atoms with E-state index in [0.29, 0.717) is 0 Å². The van der Waals surface area contributed by atoms with Crippen LogP contribution in [0, 0.1) is 0 Å². The van der Waals surface area contributed by atoms with Crippen LogP contribution >= 0.6 is 0 Å². The first-order valence-electron chi connectivity index (χ1n) is 13.9. The van der Waals surface area contributed by atoms with Gasteiger partial charge in [0.25, 0.3) is 0 Å².